The van der Waals surface area contributed by atoms with Gasteiger partial charge in [0, 0.05) is 30.4 Å². The number of carbonyl (C=O) groups is 2. The van der Waals surface area contributed by atoms with Crippen LogP contribution in [-0.2, 0) is 23.1 Å². The van der Waals surface area contributed by atoms with E-state index in [1.807, 2.05) is 30.3 Å². The van der Waals surface area contributed by atoms with Gasteiger partial charge in [0.25, 0.3) is 5.91 Å². The number of Topliss-reactive ketones (excluding diaryl/α,β-unsaturated/α-hetero) is 1. The minimum atomic E-state index is -3.73. The van der Waals surface area contributed by atoms with E-state index in [0.29, 0.717) is 23.2 Å². The number of nitrogens with zero attached hydrogens (tertiary/aromatic N) is 1. The van der Waals surface area contributed by atoms with E-state index in [1.165, 1.54) is 31.2 Å². The third-order valence-electron chi connectivity index (χ3n) is 5.47. The third kappa shape index (κ3) is 6.08. The molecule has 1 aromatic heterocycles. The second kappa shape index (κ2) is 10.5. The molecular formula is C26H24N4O4S. The maximum Gasteiger partial charge on any atom is 0.251 e. The molecule has 178 valence electrons. The van der Waals surface area contributed by atoms with Crippen LogP contribution in [0, 0.1) is 0 Å². The van der Waals surface area contributed by atoms with E-state index in [9.17, 15) is 18.0 Å². The highest BCUT2D eigenvalue weighted by Gasteiger charge is 2.14. The Balaban J connectivity index is 1.30. The van der Waals surface area contributed by atoms with E-state index in [-0.39, 0.29) is 23.1 Å². The van der Waals surface area contributed by atoms with E-state index in [2.05, 4.69) is 20.2 Å². The van der Waals surface area contributed by atoms with Gasteiger partial charge in [0.05, 0.1) is 10.6 Å². The van der Waals surface area contributed by atoms with Crippen molar-refractivity contribution in [2.45, 2.75) is 24.9 Å². The van der Waals surface area contributed by atoms with Crippen LogP contribution in [0.1, 0.15) is 38.8 Å². The lowest BCUT2D eigenvalue weighted by molar-refractivity contribution is 0.0950. The lowest BCUT2D eigenvalue weighted by Gasteiger charge is -2.09. The quantitative estimate of drug-likeness (QED) is 0.310. The number of rotatable bonds is 9. The molecule has 4 aromatic rings. The fraction of sp³-hybridized carbons (Fsp3) is 0.115. The largest absolute Gasteiger partial charge is 0.348 e. The molecule has 35 heavy (non-hydrogen) atoms. The number of hydrogen-bond donors (Lipinski definition) is 3. The molecule has 0 radical (unpaired) electrons. The Morgan fingerprint density at radius 1 is 0.800 bits per heavy atom. The molecule has 1 amide bonds. The summed E-state index contributed by atoms with van der Waals surface area (Å²) in [6.07, 6.45) is 1.69. The second-order valence-electron chi connectivity index (χ2n) is 7.95. The fourth-order valence-electron chi connectivity index (χ4n) is 3.41. The van der Waals surface area contributed by atoms with Gasteiger partial charge in [0.15, 0.2) is 5.78 Å². The highest BCUT2D eigenvalue weighted by molar-refractivity contribution is 7.89. The lowest BCUT2D eigenvalue weighted by atomic mass is 10.1. The van der Waals surface area contributed by atoms with E-state index in [1.54, 1.807) is 30.5 Å². The Morgan fingerprint density at radius 2 is 1.40 bits per heavy atom. The first kappa shape index (κ1) is 24.1. The molecule has 0 unspecified atom stereocenters. The zero-order valence-electron chi connectivity index (χ0n) is 19.0. The molecule has 1 heterocycles. The van der Waals surface area contributed by atoms with Crippen molar-refractivity contribution in [3.8, 4) is 11.3 Å². The summed E-state index contributed by atoms with van der Waals surface area (Å²) >= 11 is 0. The SMILES string of the molecule is CC(=O)c1ccc(S(=O)(=O)NCc2ccc(C(=O)NCc3ccc(-c4ccn[nH]4)cc3)cc2)cc1. The van der Waals surface area contributed by atoms with E-state index >= 15 is 0 Å². The molecule has 0 aliphatic carbocycles. The molecule has 8 nitrogen and oxygen atoms in total. The normalized spacial score (nSPS) is 11.2. The van der Waals surface area contributed by atoms with Gasteiger partial charge in [0.2, 0.25) is 10.0 Å². The van der Waals surface area contributed by atoms with Crippen molar-refractivity contribution in [1.82, 2.24) is 20.2 Å². The first-order valence-corrected chi connectivity index (χ1v) is 12.4. The van der Waals surface area contributed by atoms with Gasteiger partial charge in [-0.05, 0) is 53.9 Å². The predicted molar refractivity (Wildman–Crippen MR) is 132 cm³/mol. The van der Waals surface area contributed by atoms with Gasteiger partial charge in [-0.2, -0.15) is 5.10 Å². The smallest absolute Gasteiger partial charge is 0.251 e. The van der Waals surface area contributed by atoms with Crippen LogP contribution >= 0.6 is 0 Å². The van der Waals surface area contributed by atoms with Gasteiger partial charge in [-0.15, -0.1) is 0 Å². The molecular weight excluding hydrogens is 464 g/mol. The van der Waals surface area contributed by atoms with Crippen molar-refractivity contribution in [1.29, 1.82) is 0 Å². The van der Waals surface area contributed by atoms with E-state index in [0.717, 1.165) is 16.8 Å². The number of aromatic amines is 1. The van der Waals surface area contributed by atoms with Crippen LogP contribution in [0.25, 0.3) is 11.3 Å². The van der Waals surface area contributed by atoms with Gasteiger partial charge in [0.1, 0.15) is 0 Å². The Bertz CT molecular complexity index is 1410. The fourth-order valence-corrected chi connectivity index (χ4v) is 4.43. The van der Waals surface area contributed by atoms with Gasteiger partial charge < -0.3 is 5.32 Å². The van der Waals surface area contributed by atoms with Crippen LogP contribution in [0.3, 0.4) is 0 Å². The highest BCUT2D eigenvalue weighted by Crippen LogP contribution is 2.17. The summed E-state index contributed by atoms with van der Waals surface area (Å²) in [6, 6.07) is 22.2. The number of sulfonamides is 1. The zero-order chi connectivity index (χ0) is 24.8. The third-order valence-corrected chi connectivity index (χ3v) is 6.89. The molecule has 3 aromatic carbocycles. The molecule has 0 spiro atoms. The number of hydrogen-bond acceptors (Lipinski definition) is 5. The van der Waals surface area contributed by atoms with Crippen LogP contribution in [0.2, 0.25) is 0 Å². The van der Waals surface area contributed by atoms with Crippen molar-refractivity contribution in [2.75, 3.05) is 0 Å². The maximum absolute atomic E-state index is 12.5. The Labute approximate surface area is 203 Å². The summed E-state index contributed by atoms with van der Waals surface area (Å²) in [4.78, 5) is 23.9. The number of benzene rings is 3. The van der Waals surface area contributed by atoms with Gasteiger partial charge in [-0.25, -0.2) is 13.1 Å². The number of H-pyrrole nitrogens is 1. The molecule has 4 rings (SSSR count). The lowest BCUT2D eigenvalue weighted by Crippen LogP contribution is -2.24. The summed E-state index contributed by atoms with van der Waals surface area (Å²) in [5.41, 5.74) is 4.53. The topological polar surface area (TPSA) is 121 Å². The summed E-state index contributed by atoms with van der Waals surface area (Å²) < 4.78 is 27.5. The first-order valence-electron chi connectivity index (χ1n) is 10.9. The predicted octanol–water partition coefficient (Wildman–Crippen LogP) is 3.69. The van der Waals surface area contributed by atoms with Crippen LogP contribution in [0.15, 0.2) is 90.0 Å². The minimum Gasteiger partial charge on any atom is -0.348 e. The summed E-state index contributed by atoms with van der Waals surface area (Å²) in [7, 11) is -3.73. The number of amides is 1. The van der Waals surface area contributed by atoms with Crippen LogP contribution in [0.5, 0.6) is 0 Å². The molecule has 0 saturated carbocycles. The van der Waals surface area contributed by atoms with Crippen LogP contribution < -0.4 is 10.0 Å². The van der Waals surface area contributed by atoms with E-state index < -0.39 is 10.0 Å². The van der Waals surface area contributed by atoms with Gasteiger partial charge in [-0.1, -0.05) is 48.5 Å². The van der Waals surface area contributed by atoms with Crippen LogP contribution in [0.4, 0.5) is 0 Å². The molecule has 0 aliphatic rings. The molecule has 9 heteroatoms. The number of carbonyl (C=O) groups excluding carboxylic acids is 2. The average molecular weight is 489 g/mol. The highest BCUT2D eigenvalue weighted by atomic mass is 32.2. The van der Waals surface area contributed by atoms with Crippen molar-refractivity contribution in [3.05, 3.63) is 107 Å². The standard InChI is InChI=1S/C26H24N4O4S/c1-18(31)21-10-12-24(13-11-21)35(33,34)29-17-20-4-8-23(9-5-20)26(32)27-16-19-2-6-22(7-3-19)25-14-15-28-30-25/h2-15,29H,16-17H2,1H3,(H,27,32)(H,28,30). The molecule has 0 atom stereocenters. The number of ketones is 1. The Kier molecular flexibility index (Phi) is 7.19. The summed E-state index contributed by atoms with van der Waals surface area (Å²) in [5, 5.41) is 9.74. The average Bonchev–Trinajstić information content (AvgIpc) is 3.42. The maximum atomic E-state index is 12.5. The van der Waals surface area contributed by atoms with Crippen molar-refractivity contribution in [3.63, 3.8) is 0 Å². The minimum absolute atomic E-state index is 0.0708. The molecule has 0 fully saturated rings. The molecule has 0 saturated heterocycles. The molecule has 3 N–H and O–H groups in total. The molecule has 0 aliphatic heterocycles. The number of nitrogens with one attached hydrogen (secondary N) is 3. The van der Waals surface area contributed by atoms with Crippen molar-refractivity contribution < 1.29 is 18.0 Å². The number of aromatic nitrogens is 2. The Morgan fingerprint density at radius 3 is 2.00 bits per heavy atom. The second-order valence-corrected chi connectivity index (χ2v) is 9.72. The zero-order valence-corrected chi connectivity index (χ0v) is 19.8. The summed E-state index contributed by atoms with van der Waals surface area (Å²) in [5.74, 6) is -0.352. The van der Waals surface area contributed by atoms with Crippen molar-refractivity contribution in [2.24, 2.45) is 0 Å². The van der Waals surface area contributed by atoms with Crippen molar-refractivity contribution >= 4 is 21.7 Å². The van der Waals surface area contributed by atoms with Crippen LogP contribution in [-0.4, -0.2) is 30.3 Å². The first-order chi connectivity index (χ1) is 16.8. The van der Waals surface area contributed by atoms with Gasteiger partial charge in [-0.3, -0.25) is 14.7 Å². The van der Waals surface area contributed by atoms with E-state index in [4.69, 9.17) is 0 Å². The monoisotopic (exact) mass is 488 g/mol. The van der Waals surface area contributed by atoms with Gasteiger partial charge >= 0.3 is 0 Å². The molecule has 0 bridgehead atoms. The Hall–Kier alpha value is -4.08. The summed E-state index contributed by atoms with van der Waals surface area (Å²) in [6.45, 7) is 1.87.